The molecule has 0 fully saturated rings. The summed E-state index contributed by atoms with van der Waals surface area (Å²) >= 11 is 0. The molecule has 1 aromatic heterocycles. The van der Waals surface area contributed by atoms with Crippen LogP contribution in [0.25, 0.3) is 0 Å². The first-order valence-corrected chi connectivity index (χ1v) is 3.78. The van der Waals surface area contributed by atoms with Crippen molar-refractivity contribution in [3.63, 3.8) is 0 Å². The van der Waals surface area contributed by atoms with E-state index in [-0.39, 0.29) is 12.2 Å². The van der Waals surface area contributed by atoms with Crippen LogP contribution in [0.5, 0.6) is 0 Å². The largest absolute Gasteiger partial charge is 0.396 e. The van der Waals surface area contributed by atoms with Gasteiger partial charge < -0.3 is 11.1 Å². The standard InChI is InChI=1S/C7H11FN4O/c1-12-6(5(9)4-11-12)7(13)10-3-2-8/h4H,2-3,9H2,1H3,(H,10,13). The number of hydrogen-bond acceptors (Lipinski definition) is 3. The SMILES string of the molecule is Cn1ncc(N)c1C(=O)NCCF. The Hall–Kier alpha value is -1.59. The van der Waals surface area contributed by atoms with Crippen molar-refractivity contribution in [2.24, 2.45) is 7.05 Å². The van der Waals surface area contributed by atoms with Gasteiger partial charge in [0.2, 0.25) is 0 Å². The Balaban J connectivity index is 2.76. The van der Waals surface area contributed by atoms with Crippen LogP contribution in [0.15, 0.2) is 6.20 Å². The number of nitrogens with zero attached hydrogens (tertiary/aromatic N) is 2. The Kier molecular flexibility index (Phi) is 2.84. The third kappa shape index (κ3) is 1.95. The summed E-state index contributed by atoms with van der Waals surface area (Å²) in [5, 5.41) is 6.14. The van der Waals surface area contributed by atoms with Crippen molar-refractivity contribution in [1.82, 2.24) is 15.1 Å². The van der Waals surface area contributed by atoms with Gasteiger partial charge in [0.05, 0.1) is 11.9 Å². The van der Waals surface area contributed by atoms with Crippen molar-refractivity contribution in [2.45, 2.75) is 0 Å². The van der Waals surface area contributed by atoms with Gasteiger partial charge in [0.1, 0.15) is 12.4 Å². The smallest absolute Gasteiger partial charge is 0.271 e. The van der Waals surface area contributed by atoms with Crippen molar-refractivity contribution in [1.29, 1.82) is 0 Å². The van der Waals surface area contributed by atoms with Gasteiger partial charge in [0.25, 0.3) is 5.91 Å². The summed E-state index contributed by atoms with van der Waals surface area (Å²) in [4.78, 5) is 11.3. The minimum absolute atomic E-state index is 0.0105. The highest BCUT2D eigenvalue weighted by atomic mass is 19.1. The van der Waals surface area contributed by atoms with E-state index in [1.165, 1.54) is 10.9 Å². The number of nitrogens with two attached hydrogens (primary N) is 1. The van der Waals surface area contributed by atoms with Crippen molar-refractivity contribution in [2.75, 3.05) is 19.0 Å². The fourth-order valence-electron chi connectivity index (χ4n) is 0.977. The predicted octanol–water partition coefficient (Wildman–Crippen LogP) is -0.298. The summed E-state index contributed by atoms with van der Waals surface area (Å²) in [5.41, 5.74) is 6.02. The highest BCUT2D eigenvalue weighted by Gasteiger charge is 2.13. The van der Waals surface area contributed by atoms with E-state index >= 15 is 0 Å². The molecule has 13 heavy (non-hydrogen) atoms. The maximum Gasteiger partial charge on any atom is 0.271 e. The highest BCUT2D eigenvalue weighted by molar-refractivity contribution is 5.97. The van der Waals surface area contributed by atoms with Crippen LogP contribution in [-0.4, -0.2) is 28.9 Å². The van der Waals surface area contributed by atoms with Crippen LogP contribution >= 0.6 is 0 Å². The maximum atomic E-state index is 11.7. The molecule has 6 heteroatoms. The second-order valence-electron chi connectivity index (χ2n) is 2.52. The number of amides is 1. The lowest BCUT2D eigenvalue weighted by atomic mass is 10.3. The number of nitrogen functional groups attached to an aromatic ring is 1. The number of carbonyl (C=O) groups excluding carboxylic acids is 1. The van der Waals surface area contributed by atoms with Crippen molar-refractivity contribution in [3.05, 3.63) is 11.9 Å². The molecule has 0 bridgehead atoms. The molecule has 0 aromatic carbocycles. The lowest BCUT2D eigenvalue weighted by molar-refractivity contribution is 0.0942. The summed E-state index contributed by atoms with van der Waals surface area (Å²) in [5.74, 6) is -0.407. The zero-order valence-electron chi connectivity index (χ0n) is 7.25. The van der Waals surface area contributed by atoms with Gasteiger partial charge in [-0.1, -0.05) is 0 Å². The van der Waals surface area contributed by atoms with E-state index in [2.05, 4.69) is 10.4 Å². The van der Waals surface area contributed by atoms with Crippen molar-refractivity contribution in [3.8, 4) is 0 Å². The van der Waals surface area contributed by atoms with Crippen LogP contribution < -0.4 is 11.1 Å². The van der Waals surface area contributed by atoms with Crippen molar-refractivity contribution >= 4 is 11.6 Å². The van der Waals surface area contributed by atoms with Crippen LogP contribution in [0.1, 0.15) is 10.5 Å². The fraction of sp³-hybridized carbons (Fsp3) is 0.429. The van der Waals surface area contributed by atoms with E-state index in [1.54, 1.807) is 7.05 Å². The lowest BCUT2D eigenvalue weighted by Gasteiger charge is -2.03. The first-order valence-electron chi connectivity index (χ1n) is 3.78. The zero-order valence-corrected chi connectivity index (χ0v) is 7.25. The molecule has 3 N–H and O–H groups in total. The fourth-order valence-corrected chi connectivity index (χ4v) is 0.977. The topological polar surface area (TPSA) is 72.9 Å². The van der Waals surface area contributed by atoms with Crippen LogP contribution in [0.4, 0.5) is 10.1 Å². The predicted molar refractivity (Wildman–Crippen MR) is 45.9 cm³/mol. The Morgan fingerprint density at radius 3 is 3.00 bits per heavy atom. The normalized spacial score (nSPS) is 10.0. The molecule has 0 atom stereocenters. The molecule has 0 aliphatic carbocycles. The number of nitrogens with one attached hydrogen (secondary N) is 1. The summed E-state index contributed by atoms with van der Waals surface area (Å²) in [7, 11) is 1.60. The average molecular weight is 186 g/mol. The van der Waals surface area contributed by atoms with Gasteiger partial charge in [-0.2, -0.15) is 5.10 Å². The number of hydrogen-bond donors (Lipinski definition) is 2. The quantitative estimate of drug-likeness (QED) is 0.680. The number of alkyl halides is 1. The Morgan fingerprint density at radius 2 is 2.54 bits per heavy atom. The number of aryl methyl sites for hydroxylation is 1. The minimum Gasteiger partial charge on any atom is -0.396 e. The van der Waals surface area contributed by atoms with E-state index in [0.29, 0.717) is 5.69 Å². The summed E-state index contributed by atoms with van der Waals surface area (Å²) < 4.78 is 13.1. The monoisotopic (exact) mass is 186 g/mol. The molecule has 1 amide bonds. The van der Waals surface area contributed by atoms with Gasteiger partial charge in [-0.15, -0.1) is 0 Å². The van der Waals surface area contributed by atoms with Crippen LogP contribution in [0.3, 0.4) is 0 Å². The molecule has 0 saturated carbocycles. The lowest BCUT2D eigenvalue weighted by Crippen LogP contribution is -2.28. The minimum atomic E-state index is -0.594. The van der Waals surface area contributed by atoms with E-state index in [1.807, 2.05) is 0 Å². The average Bonchev–Trinajstić information content (AvgIpc) is 2.42. The van der Waals surface area contributed by atoms with Gasteiger partial charge in [-0.25, -0.2) is 4.39 Å². The molecule has 1 rings (SSSR count). The van der Waals surface area contributed by atoms with E-state index in [9.17, 15) is 9.18 Å². The molecule has 0 spiro atoms. The van der Waals surface area contributed by atoms with Gasteiger partial charge in [-0.3, -0.25) is 9.48 Å². The summed E-state index contributed by atoms with van der Waals surface area (Å²) in [6.07, 6.45) is 1.38. The molecule has 1 aromatic rings. The van der Waals surface area contributed by atoms with Crippen LogP contribution in [-0.2, 0) is 7.05 Å². The molecule has 0 radical (unpaired) electrons. The van der Waals surface area contributed by atoms with E-state index in [0.717, 1.165) is 0 Å². The molecule has 0 aliphatic heterocycles. The number of rotatable bonds is 3. The van der Waals surface area contributed by atoms with Gasteiger partial charge in [-0.05, 0) is 0 Å². The van der Waals surface area contributed by atoms with Gasteiger partial charge >= 0.3 is 0 Å². The Morgan fingerprint density at radius 1 is 1.85 bits per heavy atom. The van der Waals surface area contributed by atoms with Gasteiger partial charge in [0.15, 0.2) is 0 Å². The number of aromatic nitrogens is 2. The third-order valence-electron chi connectivity index (χ3n) is 1.56. The number of halogens is 1. The summed E-state index contributed by atoms with van der Waals surface area (Å²) in [6, 6.07) is 0. The Labute approximate surface area is 74.7 Å². The molecule has 72 valence electrons. The molecule has 0 saturated heterocycles. The number of carbonyl (C=O) groups is 1. The zero-order chi connectivity index (χ0) is 9.84. The molecule has 0 aliphatic rings. The first kappa shape index (κ1) is 9.50. The molecular weight excluding hydrogens is 175 g/mol. The molecule has 5 nitrogen and oxygen atoms in total. The summed E-state index contributed by atoms with van der Waals surface area (Å²) in [6.45, 7) is -0.604. The van der Waals surface area contributed by atoms with E-state index in [4.69, 9.17) is 5.73 Å². The molecule has 1 heterocycles. The third-order valence-corrected chi connectivity index (χ3v) is 1.56. The first-order chi connectivity index (χ1) is 6.16. The Bertz CT molecular complexity index is 290. The van der Waals surface area contributed by atoms with Gasteiger partial charge in [0, 0.05) is 13.6 Å². The second-order valence-corrected chi connectivity index (χ2v) is 2.52. The highest BCUT2D eigenvalue weighted by Crippen LogP contribution is 2.08. The number of anilines is 1. The van der Waals surface area contributed by atoms with Crippen molar-refractivity contribution < 1.29 is 9.18 Å². The van der Waals surface area contributed by atoms with E-state index < -0.39 is 12.6 Å². The van der Waals surface area contributed by atoms with Crippen LogP contribution in [0.2, 0.25) is 0 Å². The maximum absolute atomic E-state index is 11.7. The molecular formula is C7H11FN4O. The molecule has 0 unspecified atom stereocenters. The second kappa shape index (κ2) is 3.88. The van der Waals surface area contributed by atoms with Crippen LogP contribution in [0, 0.1) is 0 Å².